The highest BCUT2D eigenvalue weighted by molar-refractivity contribution is 5.80. The summed E-state index contributed by atoms with van der Waals surface area (Å²) in [5, 5.41) is 0. The lowest BCUT2D eigenvalue weighted by atomic mass is 9.64. The van der Waals surface area contributed by atoms with Gasteiger partial charge in [-0.15, -0.1) is 0 Å². The predicted octanol–water partition coefficient (Wildman–Crippen LogP) is 4.35. The number of nitrogens with zero attached hydrogens (tertiary/aromatic N) is 2. The zero-order chi connectivity index (χ0) is 24.0. The minimum Gasteiger partial charge on any atom is -0.481 e. The number of rotatable bonds is 5. The Hall–Kier alpha value is -2.96. The zero-order valence-electron chi connectivity index (χ0n) is 19.5. The number of likely N-dealkylation sites (tertiary alicyclic amines) is 2. The van der Waals surface area contributed by atoms with E-state index < -0.39 is 11.6 Å². The highest BCUT2D eigenvalue weighted by Gasteiger charge is 2.64. The van der Waals surface area contributed by atoms with E-state index in [1.165, 1.54) is 6.07 Å². The van der Waals surface area contributed by atoms with Crippen LogP contribution in [0.3, 0.4) is 0 Å². The number of fused-ring (bicyclic) bond motifs is 1. The smallest absolute Gasteiger partial charge is 0.261 e. The quantitative estimate of drug-likeness (QED) is 0.656. The van der Waals surface area contributed by atoms with Crippen LogP contribution in [0.4, 0.5) is 8.78 Å². The van der Waals surface area contributed by atoms with Gasteiger partial charge in [-0.25, -0.2) is 8.78 Å². The Bertz CT molecular complexity index is 1090. The second-order valence-corrected chi connectivity index (χ2v) is 10.1. The van der Waals surface area contributed by atoms with Crippen molar-refractivity contribution in [3.8, 4) is 5.75 Å². The maximum atomic E-state index is 14.1. The normalized spacial score (nSPS) is 29.8. The van der Waals surface area contributed by atoms with Crippen LogP contribution in [0.5, 0.6) is 5.75 Å². The van der Waals surface area contributed by atoms with Crippen molar-refractivity contribution in [3.63, 3.8) is 0 Å². The fourth-order valence-corrected chi connectivity index (χ4v) is 6.80. The molecule has 2 aliphatic heterocycles. The Morgan fingerprint density at radius 1 is 1.06 bits per heavy atom. The molecule has 5 atom stereocenters. The van der Waals surface area contributed by atoms with Crippen LogP contribution < -0.4 is 4.74 Å². The van der Waals surface area contributed by atoms with Crippen molar-refractivity contribution in [3.05, 3.63) is 65.7 Å². The van der Waals surface area contributed by atoms with Crippen LogP contribution >= 0.6 is 0 Å². The minimum absolute atomic E-state index is 0.0188. The number of hydrogen-bond donors (Lipinski definition) is 0. The Labute approximate surface area is 198 Å². The Morgan fingerprint density at radius 2 is 1.76 bits per heavy atom. The van der Waals surface area contributed by atoms with Crippen LogP contribution in [0, 0.1) is 17.0 Å². The lowest BCUT2D eigenvalue weighted by Gasteiger charge is -2.53. The summed E-state index contributed by atoms with van der Waals surface area (Å²) in [4.78, 5) is 30.5. The van der Waals surface area contributed by atoms with E-state index in [1.807, 2.05) is 40.1 Å². The van der Waals surface area contributed by atoms with Crippen LogP contribution in [-0.2, 0) is 16.0 Å². The molecule has 0 spiro atoms. The maximum Gasteiger partial charge on any atom is 0.261 e. The van der Waals surface area contributed by atoms with Crippen molar-refractivity contribution < 1.29 is 23.1 Å². The number of benzene rings is 2. The fraction of sp³-hybridized carbons (Fsp3) is 0.481. The van der Waals surface area contributed by atoms with E-state index in [2.05, 4.69) is 6.92 Å². The van der Waals surface area contributed by atoms with Crippen molar-refractivity contribution >= 4 is 11.8 Å². The summed E-state index contributed by atoms with van der Waals surface area (Å²) in [5.74, 6) is -1.85. The molecule has 2 heterocycles. The van der Waals surface area contributed by atoms with Gasteiger partial charge in [0.2, 0.25) is 5.91 Å². The Morgan fingerprint density at radius 3 is 2.44 bits per heavy atom. The lowest BCUT2D eigenvalue weighted by Crippen LogP contribution is -2.63. The van der Waals surface area contributed by atoms with Gasteiger partial charge in [-0.2, -0.15) is 0 Å². The van der Waals surface area contributed by atoms with Gasteiger partial charge in [-0.3, -0.25) is 9.59 Å². The van der Waals surface area contributed by atoms with E-state index in [4.69, 9.17) is 4.74 Å². The van der Waals surface area contributed by atoms with E-state index in [1.54, 1.807) is 6.92 Å². The monoisotopic (exact) mass is 468 g/mol. The fourth-order valence-electron chi connectivity index (χ4n) is 6.80. The highest BCUT2D eigenvalue weighted by Crippen LogP contribution is 2.56. The third-order valence-electron chi connectivity index (χ3n) is 8.14. The maximum absolute atomic E-state index is 14.1. The van der Waals surface area contributed by atoms with E-state index in [-0.39, 0.29) is 53.8 Å². The molecule has 5 rings (SSSR count). The van der Waals surface area contributed by atoms with Crippen molar-refractivity contribution in [2.45, 2.75) is 70.1 Å². The second-order valence-electron chi connectivity index (χ2n) is 10.1. The van der Waals surface area contributed by atoms with Gasteiger partial charge in [-0.1, -0.05) is 37.3 Å². The predicted molar refractivity (Wildman–Crippen MR) is 123 cm³/mol. The highest BCUT2D eigenvalue weighted by atomic mass is 19.1. The molecule has 1 saturated carbocycles. The van der Waals surface area contributed by atoms with Gasteiger partial charge in [0.05, 0.1) is 12.1 Å². The van der Waals surface area contributed by atoms with Gasteiger partial charge in [-0.05, 0) is 49.8 Å². The van der Waals surface area contributed by atoms with Crippen LogP contribution in [-0.4, -0.2) is 52.4 Å². The molecule has 0 N–H and O–H groups in total. The van der Waals surface area contributed by atoms with Gasteiger partial charge >= 0.3 is 0 Å². The molecule has 2 bridgehead atoms. The molecular formula is C27H30F2N2O3. The van der Waals surface area contributed by atoms with Crippen LogP contribution in [0.2, 0.25) is 0 Å². The molecule has 2 aromatic carbocycles. The Balaban J connectivity index is 1.48. The topological polar surface area (TPSA) is 49.9 Å². The molecule has 3 aliphatic rings. The second kappa shape index (κ2) is 8.67. The number of amides is 2. The number of carbonyl (C=O) groups is 2. The summed E-state index contributed by atoms with van der Waals surface area (Å²) < 4.78 is 32.9. The summed E-state index contributed by atoms with van der Waals surface area (Å²) in [6, 6.07) is 12.9. The van der Waals surface area contributed by atoms with E-state index >= 15 is 0 Å². The first-order chi connectivity index (χ1) is 16.3. The molecule has 34 heavy (non-hydrogen) atoms. The van der Waals surface area contributed by atoms with E-state index in [9.17, 15) is 18.4 Å². The molecular weight excluding hydrogens is 438 g/mol. The molecule has 180 valence electrons. The number of carbonyl (C=O) groups excluding carboxylic acids is 2. The number of halogens is 2. The molecule has 0 radical (unpaired) electrons. The van der Waals surface area contributed by atoms with Crippen molar-refractivity contribution in [1.82, 2.24) is 9.80 Å². The van der Waals surface area contributed by atoms with Gasteiger partial charge in [0.25, 0.3) is 5.91 Å². The molecule has 3 fully saturated rings. The first kappa shape index (κ1) is 22.8. The minimum atomic E-state index is -0.834. The third kappa shape index (κ3) is 3.75. The lowest BCUT2D eigenvalue weighted by molar-refractivity contribution is -0.147. The summed E-state index contributed by atoms with van der Waals surface area (Å²) in [6.07, 6.45) is 4.26. The number of hydrogen-bond acceptors (Lipinski definition) is 3. The third-order valence-corrected chi connectivity index (χ3v) is 8.14. The van der Waals surface area contributed by atoms with Gasteiger partial charge in [0.15, 0.2) is 18.2 Å². The first-order valence-electron chi connectivity index (χ1n) is 12.0. The Kier molecular flexibility index (Phi) is 5.82. The molecule has 0 unspecified atom stereocenters. The summed E-state index contributed by atoms with van der Waals surface area (Å²) in [6.45, 7) is 3.49. The average Bonchev–Trinajstić information content (AvgIpc) is 3.12. The van der Waals surface area contributed by atoms with Crippen LogP contribution in [0.1, 0.15) is 45.1 Å². The standard InChI is InChI=1S/C27H30F2N2O3/c1-17(32)30-22-15-27(2)24(30)9-6-10-25(27)31(21(22)13-18-7-4-3-5-8-18)26(33)16-34-23-12-11-19(28)14-20(23)29/h3-5,7-8,11-12,14,21-22,24-25H,6,9-10,13,15-16H2,1-2H3/t21-,22-,24-,25+,27-/m0/s1. The van der Waals surface area contributed by atoms with Crippen LogP contribution in [0.25, 0.3) is 0 Å². The SMILES string of the molecule is CC(=O)N1[C@H]2CCC[C@H]3N(C(=O)COc4ccc(F)cc4F)[C@@H](Cc4ccccc4)[C@@H]1C[C@@]23C. The first-order valence-corrected chi connectivity index (χ1v) is 12.0. The van der Waals surface area contributed by atoms with E-state index in [0.29, 0.717) is 6.42 Å². The molecule has 7 heteroatoms. The average molecular weight is 469 g/mol. The molecule has 1 aliphatic carbocycles. The molecule has 2 amide bonds. The number of piperidine rings is 1. The zero-order valence-corrected chi connectivity index (χ0v) is 19.5. The van der Waals surface area contributed by atoms with Gasteiger partial charge in [0, 0.05) is 30.5 Å². The summed E-state index contributed by atoms with van der Waals surface area (Å²) in [5.41, 5.74) is 0.919. The van der Waals surface area contributed by atoms with Gasteiger partial charge in [0.1, 0.15) is 5.82 Å². The summed E-state index contributed by atoms with van der Waals surface area (Å²) in [7, 11) is 0. The molecule has 2 saturated heterocycles. The molecule has 5 nitrogen and oxygen atoms in total. The van der Waals surface area contributed by atoms with Crippen molar-refractivity contribution in [1.29, 1.82) is 0 Å². The summed E-state index contributed by atoms with van der Waals surface area (Å²) >= 11 is 0. The molecule has 2 aromatic rings. The van der Waals surface area contributed by atoms with Crippen molar-refractivity contribution in [2.75, 3.05) is 6.61 Å². The van der Waals surface area contributed by atoms with Gasteiger partial charge < -0.3 is 14.5 Å². The number of ether oxygens (including phenoxy) is 1. The largest absolute Gasteiger partial charge is 0.481 e. The van der Waals surface area contributed by atoms with Crippen LogP contribution in [0.15, 0.2) is 48.5 Å². The van der Waals surface area contributed by atoms with E-state index in [0.717, 1.165) is 43.4 Å². The molecule has 0 aromatic heterocycles. The van der Waals surface area contributed by atoms with Crippen molar-refractivity contribution in [2.24, 2.45) is 5.41 Å².